The van der Waals surface area contributed by atoms with Gasteiger partial charge in [-0.25, -0.2) is 0 Å². The molecule has 1 rings (SSSR count). The third-order valence-electron chi connectivity index (χ3n) is 2.80. The zero-order valence-corrected chi connectivity index (χ0v) is 9.67. The summed E-state index contributed by atoms with van der Waals surface area (Å²) in [4.78, 5) is 14.0. The highest BCUT2D eigenvalue weighted by Gasteiger charge is 2.42. The number of nitrogens with zero attached hydrogens (tertiary/aromatic N) is 2. The minimum Gasteiger partial charge on any atom is -0.334 e. The topological polar surface area (TPSA) is 49.6 Å². The van der Waals surface area contributed by atoms with E-state index in [2.05, 4.69) is 4.90 Å². The van der Waals surface area contributed by atoms with E-state index in [-0.39, 0.29) is 13.1 Å². The van der Waals surface area contributed by atoms with E-state index in [1.54, 1.807) is 0 Å². The third kappa shape index (κ3) is 4.51. The Bertz CT molecular complexity index is 258. The zero-order chi connectivity index (χ0) is 12.9. The molecule has 1 saturated heterocycles. The smallest absolute Gasteiger partial charge is 0.334 e. The van der Waals surface area contributed by atoms with Gasteiger partial charge in [0.25, 0.3) is 0 Å². The average Bonchev–Trinajstić information content (AvgIpc) is 2.49. The molecule has 1 heterocycles. The first-order valence-electron chi connectivity index (χ1n) is 5.73. The van der Waals surface area contributed by atoms with E-state index in [9.17, 15) is 18.0 Å². The molecule has 7 heteroatoms. The first-order valence-corrected chi connectivity index (χ1v) is 5.73. The molecule has 0 aliphatic carbocycles. The molecule has 1 fully saturated rings. The van der Waals surface area contributed by atoms with Crippen LogP contribution in [0, 0.1) is 0 Å². The van der Waals surface area contributed by atoms with Crippen molar-refractivity contribution in [2.45, 2.75) is 19.0 Å². The molecule has 0 atom stereocenters. The Morgan fingerprint density at radius 2 is 1.88 bits per heavy atom. The van der Waals surface area contributed by atoms with Gasteiger partial charge in [-0.2, -0.15) is 13.2 Å². The number of rotatable bonds is 3. The molecule has 0 radical (unpaired) electrons. The molecule has 0 aromatic heterocycles. The Labute approximate surface area is 98.5 Å². The third-order valence-corrected chi connectivity index (χ3v) is 2.80. The van der Waals surface area contributed by atoms with Crippen molar-refractivity contribution in [2.75, 3.05) is 39.3 Å². The standard InChI is InChI=1S/C10H18F3N3O/c11-10(12,13)9(17)16-6-2-5-15(7-8-16)4-1-3-14/h1-8,14H2. The molecule has 0 saturated carbocycles. The molecule has 0 unspecified atom stereocenters. The van der Waals surface area contributed by atoms with Crippen molar-refractivity contribution in [2.24, 2.45) is 5.73 Å². The molecule has 1 aliphatic heterocycles. The van der Waals surface area contributed by atoms with Crippen molar-refractivity contribution in [1.29, 1.82) is 0 Å². The second-order valence-corrected chi connectivity index (χ2v) is 4.13. The number of halogens is 3. The number of carbonyl (C=O) groups excluding carboxylic acids is 1. The molecule has 17 heavy (non-hydrogen) atoms. The fourth-order valence-electron chi connectivity index (χ4n) is 1.89. The molecule has 100 valence electrons. The fourth-order valence-corrected chi connectivity index (χ4v) is 1.89. The average molecular weight is 253 g/mol. The molecule has 1 amide bonds. The van der Waals surface area contributed by atoms with E-state index in [0.29, 0.717) is 19.5 Å². The van der Waals surface area contributed by atoms with Crippen LogP contribution in [0.3, 0.4) is 0 Å². The first-order chi connectivity index (χ1) is 7.95. The SMILES string of the molecule is NCCCN1CCCN(C(=O)C(F)(F)F)CC1. The summed E-state index contributed by atoms with van der Waals surface area (Å²) >= 11 is 0. The fraction of sp³-hybridized carbons (Fsp3) is 0.900. The zero-order valence-electron chi connectivity index (χ0n) is 9.67. The molecular formula is C10H18F3N3O. The van der Waals surface area contributed by atoms with E-state index in [1.807, 2.05) is 0 Å². The van der Waals surface area contributed by atoms with Gasteiger partial charge in [0.15, 0.2) is 0 Å². The van der Waals surface area contributed by atoms with Crippen LogP contribution in [0.4, 0.5) is 13.2 Å². The lowest BCUT2D eigenvalue weighted by molar-refractivity contribution is -0.185. The van der Waals surface area contributed by atoms with Crippen molar-refractivity contribution in [3.05, 3.63) is 0 Å². The maximum atomic E-state index is 12.2. The Kier molecular flexibility index (Phi) is 5.20. The van der Waals surface area contributed by atoms with Crippen LogP contribution >= 0.6 is 0 Å². The van der Waals surface area contributed by atoms with Gasteiger partial charge in [0, 0.05) is 19.6 Å². The predicted molar refractivity (Wildman–Crippen MR) is 57.4 cm³/mol. The van der Waals surface area contributed by atoms with E-state index < -0.39 is 12.1 Å². The van der Waals surface area contributed by atoms with Crippen molar-refractivity contribution in [3.63, 3.8) is 0 Å². The summed E-state index contributed by atoms with van der Waals surface area (Å²) in [5.41, 5.74) is 5.38. The number of hydrogen-bond donors (Lipinski definition) is 1. The van der Waals surface area contributed by atoms with Crippen LogP contribution in [-0.2, 0) is 4.79 Å². The lowest BCUT2D eigenvalue weighted by atomic mass is 10.3. The van der Waals surface area contributed by atoms with Crippen LogP contribution in [0.5, 0.6) is 0 Å². The van der Waals surface area contributed by atoms with E-state index in [1.165, 1.54) is 0 Å². The van der Waals surface area contributed by atoms with Crippen LogP contribution in [0.15, 0.2) is 0 Å². The molecule has 0 aromatic rings. The van der Waals surface area contributed by atoms with Crippen molar-refractivity contribution < 1.29 is 18.0 Å². The highest BCUT2D eigenvalue weighted by molar-refractivity contribution is 5.81. The van der Waals surface area contributed by atoms with Crippen LogP contribution in [-0.4, -0.2) is 61.2 Å². The van der Waals surface area contributed by atoms with Gasteiger partial charge >= 0.3 is 12.1 Å². The quantitative estimate of drug-likeness (QED) is 0.793. The number of nitrogens with two attached hydrogens (primary N) is 1. The normalized spacial score (nSPS) is 19.2. The number of amides is 1. The molecule has 1 aliphatic rings. The molecule has 0 aromatic carbocycles. The Balaban J connectivity index is 2.45. The highest BCUT2D eigenvalue weighted by Crippen LogP contribution is 2.19. The summed E-state index contributed by atoms with van der Waals surface area (Å²) < 4.78 is 36.7. The van der Waals surface area contributed by atoms with Crippen LogP contribution in [0.1, 0.15) is 12.8 Å². The predicted octanol–water partition coefficient (Wildman–Crippen LogP) is 0.432. The maximum Gasteiger partial charge on any atom is 0.471 e. The summed E-state index contributed by atoms with van der Waals surface area (Å²) in [5.74, 6) is -1.72. The van der Waals surface area contributed by atoms with Gasteiger partial charge in [0.1, 0.15) is 0 Å². The lowest BCUT2D eigenvalue weighted by Gasteiger charge is -2.22. The van der Waals surface area contributed by atoms with Crippen molar-refractivity contribution in [1.82, 2.24) is 9.80 Å². The monoisotopic (exact) mass is 253 g/mol. The molecular weight excluding hydrogens is 235 g/mol. The van der Waals surface area contributed by atoms with E-state index in [4.69, 9.17) is 5.73 Å². The minimum absolute atomic E-state index is 0.142. The summed E-state index contributed by atoms with van der Waals surface area (Å²) in [5, 5.41) is 0. The summed E-state index contributed by atoms with van der Waals surface area (Å²) in [6.07, 6.45) is -3.36. The van der Waals surface area contributed by atoms with Crippen molar-refractivity contribution in [3.8, 4) is 0 Å². The van der Waals surface area contributed by atoms with Gasteiger partial charge in [-0.1, -0.05) is 0 Å². The Morgan fingerprint density at radius 1 is 1.18 bits per heavy atom. The molecule has 0 bridgehead atoms. The molecule has 2 N–H and O–H groups in total. The van der Waals surface area contributed by atoms with E-state index >= 15 is 0 Å². The second kappa shape index (κ2) is 6.20. The number of hydrogen-bond acceptors (Lipinski definition) is 3. The van der Waals surface area contributed by atoms with Gasteiger partial charge in [0.05, 0.1) is 0 Å². The number of alkyl halides is 3. The summed E-state index contributed by atoms with van der Waals surface area (Å²) in [6.45, 7) is 2.89. The Morgan fingerprint density at radius 3 is 2.47 bits per heavy atom. The Hall–Kier alpha value is -0.820. The minimum atomic E-state index is -4.76. The van der Waals surface area contributed by atoms with E-state index in [0.717, 1.165) is 24.4 Å². The molecule has 4 nitrogen and oxygen atoms in total. The van der Waals surface area contributed by atoms with Gasteiger partial charge < -0.3 is 15.5 Å². The van der Waals surface area contributed by atoms with Crippen LogP contribution < -0.4 is 5.73 Å². The summed E-state index contributed by atoms with van der Waals surface area (Å²) in [6, 6.07) is 0. The largest absolute Gasteiger partial charge is 0.471 e. The van der Waals surface area contributed by atoms with Crippen molar-refractivity contribution >= 4 is 5.91 Å². The summed E-state index contributed by atoms with van der Waals surface area (Å²) in [7, 11) is 0. The van der Waals surface area contributed by atoms with Crippen LogP contribution in [0.2, 0.25) is 0 Å². The lowest BCUT2D eigenvalue weighted by Crippen LogP contribution is -2.43. The maximum absolute atomic E-state index is 12.2. The van der Waals surface area contributed by atoms with Gasteiger partial charge in [-0.05, 0) is 32.5 Å². The number of carbonyl (C=O) groups is 1. The molecule has 0 spiro atoms. The highest BCUT2D eigenvalue weighted by atomic mass is 19.4. The van der Waals surface area contributed by atoms with Gasteiger partial charge in [0.2, 0.25) is 0 Å². The van der Waals surface area contributed by atoms with Gasteiger partial charge in [-0.15, -0.1) is 0 Å². The second-order valence-electron chi connectivity index (χ2n) is 4.13. The first kappa shape index (κ1) is 14.2. The van der Waals surface area contributed by atoms with Crippen LogP contribution in [0.25, 0.3) is 0 Å². The van der Waals surface area contributed by atoms with Gasteiger partial charge in [-0.3, -0.25) is 4.79 Å².